The molecule has 2 aromatic carbocycles. The molecule has 2 heterocycles. The molecule has 1 N–H and O–H groups in total. The molecule has 8 heteroatoms. The molecule has 0 aliphatic carbocycles. The van der Waals surface area contributed by atoms with Crippen LogP contribution in [0.4, 0.5) is 11.4 Å². The minimum atomic E-state index is -4.30. The Morgan fingerprint density at radius 2 is 1.72 bits per heavy atom. The monoisotopic (exact) mass is 429 g/mol. The van der Waals surface area contributed by atoms with Crippen molar-refractivity contribution in [2.24, 2.45) is 4.99 Å². The summed E-state index contributed by atoms with van der Waals surface area (Å²) in [6.45, 7) is 3.61. The van der Waals surface area contributed by atoms with Crippen LogP contribution >= 0.6 is 11.8 Å². The van der Waals surface area contributed by atoms with Gasteiger partial charge in [-0.05, 0) is 43.7 Å². The zero-order valence-corrected chi connectivity index (χ0v) is 17.7. The summed E-state index contributed by atoms with van der Waals surface area (Å²) in [5.41, 5.74) is 2.09. The lowest BCUT2D eigenvalue weighted by Crippen LogP contribution is -2.45. The fraction of sp³-hybridized carbons (Fsp3) is 0.286. The van der Waals surface area contributed by atoms with Crippen molar-refractivity contribution in [3.05, 3.63) is 60.8 Å². The van der Waals surface area contributed by atoms with E-state index in [0.29, 0.717) is 25.5 Å². The van der Waals surface area contributed by atoms with E-state index in [0.717, 1.165) is 21.2 Å². The van der Waals surface area contributed by atoms with Crippen molar-refractivity contribution < 1.29 is 13.0 Å². The molecule has 0 amide bonds. The number of hydrogen-bond acceptors (Lipinski definition) is 6. The number of benzene rings is 2. The zero-order valence-electron chi connectivity index (χ0n) is 16.1. The second-order valence-corrected chi connectivity index (χ2v) is 9.57. The van der Waals surface area contributed by atoms with Crippen molar-refractivity contribution in [1.29, 1.82) is 0 Å². The van der Waals surface area contributed by atoms with Gasteiger partial charge >= 0.3 is 0 Å². The second-order valence-electron chi connectivity index (χ2n) is 6.89. The van der Waals surface area contributed by atoms with E-state index in [-0.39, 0.29) is 6.42 Å². The highest BCUT2D eigenvalue weighted by Gasteiger charge is 2.34. The van der Waals surface area contributed by atoms with Crippen LogP contribution in [-0.4, -0.2) is 48.6 Å². The van der Waals surface area contributed by atoms with E-state index in [1.807, 2.05) is 54.3 Å². The normalized spacial score (nSPS) is 16.8. The van der Waals surface area contributed by atoms with Gasteiger partial charge in [0.15, 0.2) is 0 Å². The van der Waals surface area contributed by atoms with Gasteiger partial charge in [0.2, 0.25) is 0 Å². The van der Waals surface area contributed by atoms with Crippen LogP contribution in [0.5, 0.6) is 0 Å². The lowest BCUT2D eigenvalue weighted by molar-refractivity contribution is 0.445. The Hall–Kier alpha value is -2.29. The number of nitrogens with zero attached hydrogens (tertiary/aromatic N) is 3. The van der Waals surface area contributed by atoms with Gasteiger partial charge in [0.05, 0.1) is 11.4 Å². The van der Waals surface area contributed by atoms with E-state index >= 15 is 0 Å². The summed E-state index contributed by atoms with van der Waals surface area (Å²) in [5, 5.41) is -1.07. The highest BCUT2D eigenvalue weighted by Crippen LogP contribution is 2.47. The zero-order chi connectivity index (χ0) is 20.4. The predicted molar refractivity (Wildman–Crippen MR) is 118 cm³/mol. The van der Waals surface area contributed by atoms with Crippen LogP contribution in [0.1, 0.15) is 13.3 Å². The number of aliphatic imine (C=N–C) groups is 1. The Morgan fingerprint density at radius 3 is 2.31 bits per heavy atom. The Kier molecular flexibility index (Phi) is 5.67. The van der Waals surface area contributed by atoms with Crippen LogP contribution in [0.15, 0.2) is 75.6 Å². The second kappa shape index (κ2) is 8.22. The molecule has 0 saturated heterocycles. The van der Waals surface area contributed by atoms with Gasteiger partial charge < -0.3 is 9.80 Å². The number of rotatable bonds is 6. The first-order valence-electron chi connectivity index (χ1n) is 9.56. The van der Waals surface area contributed by atoms with Crippen LogP contribution < -0.4 is 4.90 Å². The number of likely N-dealkylation sites (N-methyl/N-ethyl adjacent to an activating group) is 1. The van der Waals surface area contributed by atoms with Crippen LogP contribution in [0, 0.1) is 0 Å². The Bertz CT molecular complexity index is 1020. The SMILES string of the molecule is CCN1CC=CN=C1C(CCN1c2ccccc2Sc2ccccc21)S(=O)(=O)O. The molecule has 1 unspecified atom stereocenters. The smallest absolute Gasteiger partial charge is 0.275 e. The Labute approximate surface area is 175 Å². The van der Waals surface area contributed by atoms with Crippen LogP contribution in [-0.2, 0) is 10.1 Å². The third-order valence-corrected chi connectivity index (χ3v) is 7.43. The van der Waals surface area contributed by atoms with Crippen molar-refractivity contribution in [2.75, 3.05) is 24.5 Å². The maximum atomic E-state index is 12.3. The van der Waals surface area contributed by atoms with Crippen LogP contribution in [0.3, 0.4) is 0 Å². The molecule has 152 valence electrons. The largest absolute Gasteiger partial charge is 0.355 e. The molecule has 0 bridgehead atoms. The summed E-state index contributed by atoms with van der Waals surface area (Å²) in [4.78, 5) is 10.6. The van der Waals surface area contributed by atoms with Gasteiger partial charge in [-0.25, -0.2) is 4.99 Å². The van der Waals surface area contributed by atoms with Crippen molar-refractivity contribution in [3.63, 3.8) is 0 Å². The van der Waals surface area contributed by atoms with E-state index in [1.54, 1.807) is 18.0 Å². The molecule has 0 fully saturated rings. The van der Waals surface area contributed by atoms with Gasteiger partial charge in [-0.1, -0.05) is 36.0 Å². The molecule has 6 nitrogen and oxygen atoms in total. The van der Waals surface area contributed by atoms with Crippen molar-refractivity contribution in [1.82, 2.24) is 4.90 Å². The molecule has 1 atom stereocenters. The molecule has 0 saturated carbocycles. The number of amidine groups is 1. The quantitative estimate of drug-likeness (QED) is 0.695. The van der Waals surface area contributed by atoms with Gasteiger partial charge in [-0.15, -0.1) is 0 Å². The van der Waals surface area contributed by atoms with Gasteiger partial charge in [-0.2, -0.15) is 8.42 Å². The third kappa shape index (κ3) is 4.05. The molecule has 0 radical (unpaired) electrons. The topological polar surface area (TPSA) is 73.2 Å². The van der Waals surface area contributed by atoms with Crippen LogP contribution in [0.2, 0.25) is 0 Å². The van der Waals surface area contributed by atoms with Gasteiger partial charge in [0, 0.05) is 35.6 Å². The van der Waals surface area contributed by atoms with Crippen molar-refractivity contribution in [2.45, 2.75) is 28.4 Å². The van der Waals surface area contributed by atoms with E-state index in [9.17, 15) is 13.0 Å². The maximum absolute atomic E-state index is 12.3. The van der Waals surface area contributed by atoms with E-state index in [4.69, 9.17) is 0 Å². The Morgan fingerprint density at radius 1 is 1.10 bits per heavy atom. The van der Waals surface area contributed by atoms with Crippen molar-refractivity contribution >= 4 is 39.1 Å². The summed E-state index contributed by atoms with van der Waals surface area (Å²) in [7, 11) is -4.30. The maximum Gasteiger partial charge on any atom is 0.275 e. The average molecular weight is 430 g/mol. The summed E-state index contributed by atoms with van der Waals surface area (Å²) in [6, 6.07) is 16.2. The van der Waals surface area contributed by atoms with Gasteiger partial charge in [-0.3, -0.25) is 4.55 Å². The van der Waals surface area contributed by atoms with Crippen molar-refractivity contribution in [3.8, 4) is 0 Å². The summed E-state index contributed by atoms with van der Waals surface area (Å²) < 4.78 is 34.5. The lowest BCUT2D eigenvalue weighted by atomic mass is 10.1. The van der Waals surface area contributed by atoms with Gasteiger partial charge in [0.25, 0.3) is 10.1 Å². The molecule has 0 spiro atoms. The number of para-hydroxylation sites is 2. The molecule has 4 rings (SSSR count). The minimum Gasteiger partial charge on any atom is -0.355 e. The number of anilines is 2. The molecule has 2 aliphatic heterocycles. The van der Waals surface area contributed by atoms with Gasteiger partial charge in [0.1, 0.15) is 11.1 Å². The molecule has 2 aliphatic rings. The molecular formula is C21H23N3O3S2. The predicted octanol–water partition coefficient (Wildman–Crippen LogP) is 4.18. The minimum absolute atomic E-state index is 0.231. The molecule has 0 aromatic heterocycles. The summed E-state index contributed by atoms with van der Waals surface area (Å²) in [6.07, 6.45) is 3.72. The molecule has 2 aromatic rings. The molecular weight excluding hydrogens is 406 g/mol. The number of fused-ring (bicyclic) bond motifs is 2. The van der Waals surface area contributed by atoms with E-state index in [1.165, 1.54) is 0 Å². The molecule has 29 heavy (non-hydrogen) atoms. The standard InChI is InChI=1S/C21H23N3O3S2/c1-2-23-14-7-13-22-21(23)20(29(25,26)27)12-15-24-16-8-3-5-10-18(16)28-19-11-6-4-9-17(19)24/h3-11,13,20H,2,12,14-15H2,1H3,(H,25,26,27). The lowest BCUT2D eigenvalue weighted by Gasteiger charge is -2.34. The first kappa shape index (κ1) is 20.0. The fourth-order valence-corrected chi connectivity index (χ4v) is 5.71. The first-order chi connectivity index (χ1) is 14.0. The third-order valence-electron chi connectivity index (χ3n) is 5.14. The first-order valence-corrected chi connectivity index (χ1v) is 11.9. The summed E-state index contributed by atoms with van der Waals surface area (Å²) >= 11 is 1.71. The average Bonchev–Trinajstić information content (AvgIpc) is 2.72. The van der Waals surface area contributed by atoms with E-state index < -0.39 is 15.4 Å². The highest BCUT2D eigenvalue weighted by molar-refractivity contribution is 7.99. The highest BCUT2D eigenvalue weighted by atomic mass is 32.2. The number of hydrogen-bond donors (Lipinski definition) is 1. The van der Waals surface area contributed by atoms with E-state index in [2.05, 4.69) is 22.0 Å². The summed E-state index contributed by atoms with van der Waals surface area (Å²) in [5.74, 6) is 0.408. The fourth-order valence-electron chi connectivity index (χ4n) is 3.74. The van der Waals surface area contributed by atoms with Crippen LogP contribution in [0.25, 0.3) is 0 Å². The Balaban J connectivity index is 1.67.